The molecule has 1 aliphatic rings. The van der Waals surface area contributed by atoms with Gasteiger partial charge in [-0.1, -0.05) is 26.9 Å². The molecule has 0 unspecified atom stereocenters. The maximum Gasteiger partial charge on any atom is 0.278 e. The lowest BCUT2D eigenvalue weighted by Gasteiger charge is -2.43. The van der Waals surface area contributed by atoms with E-state index in [0.29, 0.717) is 18.0 Å². The lowest BCUT2D eigenvalue weighted by molar-refractivity contribution is -0.161. The minimum Gasteiger partial charge on any atom is -0.394 e. The first-order valence-electron chi connectivity index (χ1n) is 9.31. The summed E-state index contributed by atoms with van der Waals surface area (Å²) >= 11 is 0. The van der Waals surface area contributed by atoms with Gasteiger partial charge >= 0.3 is 0 Å². The van der Waals surface area contributed by atoms with Crippen molar-refractivity contribution in [2.45, 2.75) is 70.4 Å². The fourth-order valence-corrected chi connectivity index (χ4v) is 5.37. The molecule has 1 radical (unpaired) electrons. The van der Waals surface area contributed by atoms with Gasteiger partial charge in [-0.25, -0.2) is 9.97 Å². The molecule has 3 rings (SSSR count). The Kier molecular flexibility index (Phi) is 5.32. The van der Waals surface area contributed by atoms with Crippen LogP contribution in [0.1, 0.15) is 34.1 Å². The molecule has 1 aliphatic heterocycles. The van der Waals surface area contributed by atoms with Crippen LogP contribution in [0, 0.1) is 5.92 Å². The van der Waals surface area contributed by atoms with Crippen LogP contribution in [0.5, 0.6) is 0 Å². The van der Waals surface area contributed by atoms with Crippen molar-refractivity contribution in [1.82, 2.24) is 19.5 Å². The Hall–Kier alpha value is -1.55. The van der Waals surface area contributed by atoms with Crippen molar-refractivity contribution in [3.05, 3.63) is 23.0 Å². The molecule has 9 heteroatoms. The van der Waals surface area contributed by atoms with E-state index in [1.165, 1.54) is 6.33 Å². The third kappa shape index (κ3) is 3.26. The van der Waals surface area contributed by atoms with Gasteiger partial charge in [-0.15, -0.1) is 0 Å². The van der Waals surface area contributed by atoms with Crippen molar-refractivity contribution in [2.24, 2.45) is 5.92 Å². The van der Waals surface area contributed by atoms with E-state index in [1.807, 2.05) is 4.57 Å². The molecule has 149 valence electrons. The number of aliphatic hydroxyl groups excluding tert-OH is 1. The molecule has 27 heavy (non-hydrogen) atoms. The van der Waals surface area contributed by atoms with Gasteiger partial charge in [-0.05, 0) is 19.8 Å². The molecule has 0 saturated carbocycles. The summed E-state index contributed by atoms with van der Waals surface area (Å²) in [7, 11) is -1.17. The molecule has 0 amide bonds. The Morgan fingerprint density at radius 1 is 1.48 bits per heavy atom. The molecule has 1 fully saturated rings. The van der Waals surface area contributed by atoms with Crippen LogP contribution in [0.4, 0.5) is 0 Å². The highest BCUT2D eigenvalue weighted by molar-refractivity contribution is 6.58. The van der Waals surface area contributed by atoms with E-state index in [9.17, 15) is 9.90 Å². The second-order valence-corrected chi connectivity index (χ2v) is 11.0. The Balaban J connectivity index is 2.17. The number of rotatable bonds is 6. The zero-order valence-electron chi connectivity index (χ0n) is 16.8. The summed E-state index contributed by atoms with van der Waals surface area (Å²) in [6.45, 7) is 12.6. The molecule has 0 spiro atoms. The first kappa shape index (κ1) is 20.2. The highest BCUT2D eigenvalue weighted by Crippen LogP contribution is 2.43. The number of nitrogens with zero attached hydrogens (tertiary/aromatic N) is 3. The number of fused-ring (bicyclic) bond motifs is 1. The topological polar surface area (TPSA) is 102 Å². The number of hydrogen-bond acceptors (Lipinski definition) is 6. The van der Waals surface area contributed by atoms with Crippen molar-refractivity contribution in [3.63, 3.8) is 0 Å². The standard InChI is InChI=1S/C18H29N4O4Si/c1-11(2)17(3,4)26-13-7-12(8-23)25-18(13,27(5)6)22-10-21-14-15(22)19-9-20-16(14)24/h9-13,23H,7-8H2,1-6H3,(H,19,20,24)/t12-,13+,18-/m0/s1. The molecule has 1 saturated heterocycles. The summed E-state index contributed by atoms with van der Waals surface area (Å²) in [4.78, 5) is 23.3. The summed E-state index contributed by atoms with van der Waals surface area (Å²) in [5, 5.41) is 8.98. The average Bonchev–Trinajstić information content (AvgIpc) is 3.17. The lowest BCUT2D eigenvalue weighted by Crippen LogP contribution is -2.55. The maximum absolute atomic E-state index is 12.1. The number of ether oxygens (including phenoxy) is 2. The predicted molar refractivity (Wildman–Crippen MR) is 104 cm³/mol. The zero-order chi connectivity index (χ0) is 20.0. The number of hydrogen-bond donors (Lipinski definition) is 2. The van der Waals surface area contributed by atoms with E-state index < -0.39 is 14.1 Å². The number of aliphatic hydroxyl groups is 1. The largest absolute Gasteiger partial charge is 0.394 e. The Bertz CT molecular complexity index is 862. The Morgan fingerprint density at radius 2 is 2.19 bits per heavy atom. The molecule has 0 aromatic carbocycles. The van der Waals surface area contributed by atoms with Crippen molar-refractivity contribution in [2.75, 3.05) is 6.61 Å². The summed E-state index contributed by atoms with van der Waals surface area (Å²) in [6, 6.07) is 0. The molecular weight excluding hydrogens is 364 g/mol. The Labute approximate surface area is 160 Å². The van der Waals surface area contributed by atoms with Crippen molar-refractivity contribution >= 4 is 20.0 Å². The normalized spacial score (nSPS) is 26.6. The number of aromatic amines is 1. The van der Waals surface area contributed by atoms with E-state index in [0.717, 1.165) is 0 Å². The van der Waals surface area contributed by atoms with Crippen LogP contribution in [-0.2, 0) is 14.8 Å². The summed E-state index contributed by atoms with van der Waals surface area (Å²) < 4.78 is 14.9. The van der Waals surface area contributed by atoms with Crippen molar-refractivity contribution in [3.8, 4) is 0 Å². The first-order valence-corrected chi connectivity index (χ1v) is 11.8. The van der Waals surface area contributed by atoms with E-state index in [1.54, 1.807) is 6.33 Å². The third-order valence-corrected chi connectivity index (χ3v) is 7.83. The number of aromatic nitrogens is 4. The molecule has 0 bridgehead atoms. The molecule has 3 heterocycles. The smallest absolute Gasteiger partial charge is 0.278 e. The van der Waals surface area contributed by atoms with E-state index in [-0.39, 0.29) is 35.5 Å². The zero-order valence-corrected chi connectivity index (χ0v) is 17.8. The second kappa shape index (κ2) is 7.12. The highest BCUT2D eigenvalue weighted by Gasteiger charge is 2.55. The number of H-pyrrole nitrogens is 1. The van der Waals surface area contributed by atoms with Gasteiger partial charge in [0, 0.05) is 6.42 Å². The lowest BCUT2D eigenvalue weighted by atomic mass is 9.94. The van der Waals surface area contributed by atoms with Crippen LogP contribution in [0.3, 0.4) is 0 Å². The van der Waals surface area contributed by atoms with Gasteiger partial charge in [0.15, 0.2) is 16.5 Å². The van der Waals surface area contributed by atoms with Gasteiger partial charge in [0.05, 0.1) is 31.0 Å². The number of imidazole rings is 1. The minimum absolute atomic E-state index is 0.0838. The van der Waals surface area contributed by atoms with Gasteiger partial charge in [-0.3, -0.25) is 9.36 Å². The molecule has 2 aromatic heterocycles. The van der Waals surface area contributed by atoms with E-state index in [2.05, 4.69) is 55.7 Å². The second-order valence-electron chi connectivity index (χ2n) is 8.24. The molecule has 0 aliphatic carbocycles. The van der Waals surface area contributed by atoms with Crippen LogP contribution in [0.15, 0.2) is 17.4 Å². The predicted octanol–water partition coefficient (Wildman–Crippen LogP) is 1.67. The Morgan fingerprint density at radius 3 is 2.78 bits per heavy atom. The van der Waals surface area contributed by atoms with Gasteiger partial charge in [0.2, 0.25) is 0 Å². The number of nitrogens with one attached hydrogen (secondary N) is 1. The fraction of sp³-hybridized carbons (Fsp3) is 0.722. The summed E-state index contributed by atoms with van der Waals surface area (Å²) in [5.41, 5.74) is 0.0893. The SMILES string of the molecule is CC(C)C(C)(C)O[C@@H]1C[C@@H](CO)O[C@]1(n1cnc2c(=O)[nH]cnc21)[Si](C)C. The van der Waals surface area contributed by atoms with Gasteiger partial charge in [0.1, 0.15) is 14.9 Å². The first-order chi connectivity index (χ1) is 12.6. The van der Waals surface area contributed by atoms with Crippen LogP contribution in [0.2, 0.25) is 13.1 Å². The molecule has 8 nitrogen and oxygen atoms in total. The van der Waals surface area contributed by atoms with Gasteiger partial charge in [-0.2, -0.15) is 0 Å². The van der Waals surface area contributed by atoms with Gasteiger partial charge < -0.3 is 19.6 Å². The highest BCUT2D eigenvalue weighted by atomic mass is 28.3. The van der Waals surface area contributed by atoms with Crippen LogP contribution >= 0.6 is 0 Å². The van der Waals surface area contributed by atoms with Crippen LogP contribution < -0.4 is 5.56 Å². The quantitative estimate of drug-likeness (QED) is 0.724. The molecule has 2 N–H and O–H groups in total. The average molecular weight is 394 g/mol. The van der Waals surface area contributed by atoms with E-state index in [4.69, 9.17) is 9.47 Å². The molecular formula is C18H29N4O4Si. The minimum atomic E-state index is -1.17. The fourth-order valence-electron chi connectivity index (χ4n) is 3.50. The van der Waals surface area contributed by atoms with Crippen molar-refractivity contribution in [1.29, 1.82) is 0 Å². The maximum atomic E-state index is 12.1. The third-order valence-electron chi connectivity index (χ3n) is 5.71. The molecule has 2 aromatic rings. The van der Waals surface area contributed by atoms with Gasteiger partial charge in [0.25, 0.3) is 5.56 Å². The van der Waals surface area contributed by atoms with Crippen molar-refractivity contribution < 1.29 is 14.6 Å². The van der Waals surface area contributed by atoms with Crippen LogP contribution in [0.25, 0.3) is 11.2 Å². The monoisotopic (exact) mass is 393 g/mol. The van der Waals surface area contributed by atoms with Crippen LogP contribution in [-0.4, -0.2) is 57.8 Å². The summed E-state index contributed by atoms with van der Waals surface area (Å²) in [5.74, 6) is 0.299. The summed E-state index contributed by atoms with van der Waals surface area (Å²) in [6.07, 6.45) is 2.95. The molecule has 3 atom stereocenters. The van der Waals surface area contributed by atoms with E-state index >= 15 is 0 Å².